The van der Waals surface area contributed by atoms with E-state index in [0.29, 0.717) is 12.1 Å². The van der Waals surface area contributed by atoms with E-state index in [1.807, 2.05) is 6.07 Å². The average Bonchev–Trinajstić information content (AvgIpc) is 2.70. The number of ether oxygens (including phenoxy) is 1. The van der Waals surface area contributed by atoms with E-state index >= 15 is 0 Å². The standard InChI is InChI=1S/C24H30FN3O4/c1-24(2,3)32-23(31)26-14-13-22(30)28-20-10-5-4-8-18(20)16-27-21(29)12-11-17-7-6-9-19(25)15-17/h4-10,15H,11-14,16H2,1-3H3,(H,26,31)(H,27,29)(H,28,30). The summed E-state index contributed by atoms with van der Waals surface area (Å²) >= 11 is 0. The third-order valence-corrected chi connectivity index (χ3v) is 4.32. The molecule has 172 valence electrons. The van der Waals surface area contributed by atoms with Crippen LogP contribution in [0.25, 0.3) is 0 Å². The van der Waals surface area contributed by atoms with Crippen LogP contribution < -0.4 is 16.0 Å². The zero-order chi connectivity index (χ0) is 23.6. The number of anilines is 1. The van der Waals surface area contributed by atoms with Crippen LogP contribution in [0, 0.1) is 5.82 Å². The van der Waals surface area contributed by atoms with Crippen LogP contribution in [-0.4, -0.2) is 30.1 Å². The summed E-state index contributed by atoms with van der Waals surface area (Å²) in [6.45, 7) is 5.66. The predicted octanol–water partition coefficient (Wildman–Crippen LogP) is 3.93. The highest BCUT2D eigenvalue weighted by atomic mass is 19.1. The lowest BCUT2D eigenvalue weighted by molar-refractivity contribution is -0.121. The van der Waals surface area contributed by atoms with Crippen molar-refractivity contribution >= 4 is 23.6 Å². The fraction of sp³-hybridized carbons (Fsp3) is 0.375. The Kier molecular flexibility index (Phi) is 9.19. The Labute approximate surface area is 187 Å². The molecule has 8 heteroatoms. The molecule has 0 saturated heterocycles. The summed E-state index contributed by atoms with van der Waals surface area (Å²) in [6.07, 6.45) is 0.167. The van der Waals surface area contributed by atoms with Gasteiger partial charge in [0.25, 0.3) is 0 Å². The maximum Gasteiger partial charge on any atom is 0.407 e. The van der Waals surface area contributed by atoms with Crippen molar-refractivity contribution in [3.8, 4) is 0 Å². The summed E-state index contributed by atoms with van der Waals surface area (Å²) in [6, 6.07) is 13.3. The van der Waals surface area contributed by atoms with Crippen LogP contribution in [-0.2, 0) is 27.3 Å². The summed E-state index contributed by atoms with van der Waals surface area (Å²) in [5.41, 5.74) is 1.49. The number of carbonyl (C=O) groups excluding carboxylic acids is 3. The number of rotatable bonds is 9. The monoisotopic (exact) mass is 443 g/mol. The fourth-order valence-corrected chi connectivity index (χ4v) is 2.83. The summed E-state index contributed by atoms with van der Waals surface area (Å²) in [5.74, 6) is -0.767. The summed E-state index contributed by atoms with van der Waals surface area (Å²) in [5, 5.41) is 8.16. The van der Waals surface area contributed by atoms with E-state index in [9.17, 15) is 18.8 Å². The van der Waals surface area contributed by atoms with Gasteiger partial charge in [-0.15, -0.1) is 0 Å². The Bertz CT molecular complexity index is 941. The van der Waals surface area contributed by atoms with Crippen LogP contribution in [0.5, 0.6) is 0 Å². The van der Waals surface area contributed by atoms with Gasteiger partial charge in [0.1, 0.15) is 11.4 Å². The highest BCUT2D eigenvalue weighted by molar-refractivity contribution is 5.92. The number of nitrogens with one attached hydrogen (secondary N) is 3. The molecule has 0 aliphatic carbocycles. The first-order chi connectivity index (χ1) is 15.1. The van der Waals surface area contributed by atoms with Gasteiger partial charge in [0.05, 0.1) is 0 Å². The Morgan fingerprint density at radius 3 is 2.41 bits per heavy atom. The van der Waals surface area contributed by atoms with E-state index in [4.69, 9.17) is 4.74 Å². The van der Waals surface area contributed by atoms with Gasteiger partial charge < -0.3 is 20.7 Å². The van der Waals surface area contributed by atoms with Gasteiger partial charge in [0, 0.05) is 31.6 Å². The van der Waals surface area contributed by atoms with E-state index in [-0.39, 0.29) is 43.6 Å². The number of halogens is 1. The number of hydrogen-bond acceptors (Lipinski definition) is 4. The van der Waals surface area contributed by atoms with Crippen molar-refractivity contribution in [2.24, 2.45) is 0 Å². The van der Waals surface area contributed by atoms with Crippen LogP contribution in [0.3, 0.4) is 0 Å². The summed E-state index contributed by atoms with van der Waals surface area (Å²) in [7, 11) is 0. The normalized spacial score (nSPS) is 10.9. The minimum Gasteiger partial charge on any atom is -0.444 e. The van der Waals surface area contributed by atoms with Gasteiger partial charge in [0.2, 0.25) is 11.8 Å². The van der Waals surface area contributed by atoms with Gasteiger partial charge in [-0.2, -0.15) is 0 Å². The Morgan fingerprint density at radius 2 is 1.69 bits per heavy atom. The molecule has 0 heterocycles. The van der Waals surface area contributed by atoms with Crippen LogP contribution >= 0.6 is 0 Å². The molecule has 2 aromatic carbocycles. The molecule has 0 atom stereocenters. The zero-order valence-electron chi connectivity index (χ0n) is 18.7. The zero-order valence-corrected chi connectivity index (χ0v) is 18.7. The second-order valence-corrected chi connectivity index (χ2v) is 8.29. The van der Waals surface area contributed by atoms with Gasteiger partial charge in [-0.1, -0.05) is 30.3 Å². The molecule has 0 bridgehead atoms. The highest BCUT2D eigenvalue weighted by Crippen LogP contribution is 2.15. The number of carbonyl (C=O) groups is 3. The smallest absolute Gasteiger partial charge is 0.407 e. The second-order valence-electron chi connectivity index (χ2n) is 8.29. The molecular weight excluding hydrogens is 413 g/mol. The lowest BCUT2D eigenvalue weighted by atomic mass is 10.1. The maximum absolute atomic E-state index is 13.2. The first-order valence-electron chi connectivity index (χ1n) is 10.5. The molecular formula is C24H30FN3O4. The quantitative estimate of drug-likeness (QED) is 0.547. The number of hydrogen-bond donors (Lipinski definition) is 3. The van der Waals surface area contributed by atoms with Crippen LogP contribution in [0.15, 0.2) is 48.5 Å². The molecule has 32 heavy (non-hydrogen) atoms. The van der Waals surface area contributed by atoms with Gasteiger partial charge in [-0.05, 0) is 56.5 Å². The molecule has 2 aromatic rings. The number of benzene rings is 2. The van der Waals surface area contributed by atoms with Crippen molar-refractivity contribution < 1.29 is 23.5 Å². The third kappa shape index (κ3) is 9.59. The SMILES string of the molecule is CC(C)(C)OC(=O)NCCC(=O)Nc1ccccc1CNC(=O)CCc1cccc(F)c1. The van der Waals surface area contributed by atoms with E-state index in [1.54, 1.807) is 51.1 Å². The molecule has 2 rings (SSSR count). The Hall–Kier alpha value is -3.42. The number of aryl methyl sites for hydroxylation is 1. The molecule has 0 spiro atoms. The lowest BCUT2D eigenvalue weighted by Gasteiger charge is -2.19. The van der Waals surface area contributed by atoms with Crippen LogP contribution in [0.4, 0.5) is 14.9 Å². The van der Waals surface area contributed by atoms with Crippen molar-refractivity contribution in [3.63, 3.8) is 0 Å². The lowest BCUT2D eigenvalue weighted by Crippen LogP contribution is -2.34. The molecule has 3 N–H and O–H groups in total. The van der Waals surface area contributed by atoms with E-state index in [0.717, 1.165) is 11.1 Å². The minimum atomic E-state index is -0.604. The van der Waals surface area contributed by atoms with Crippen molar-refractivity contribution in [1.29, 1.82) is 0 Å². The fourth-order valence-electron chi connectivity index (χ4n) is 2.83. The maximum atomic E-state index is 13.2. The van der Waals surface area contributed by atoms with Crippen LogP contribution in [0.1, 0.15) is 44.7 Å². The van der Waals surface area contributed by atoms with Crippen molar-refractivity contribution in [3.05, 3.63) is 65.5 Å². The molecule has 0 saturated carbocycles. The molecule has 0 fully saturated rings. The van der Waals surface area contributed by atoms with Crippen molar-refractivity contribution in [2.45, 2.75) is 52.2 Å². The van der Waals surface area contributed by atoms with Gasteiger partial charge in [-0.3, -0.25) is 9.59 Å². The number of amides is 3. The predicted molar refractivity (Wildman–Crippen MR) is 120 cm³/mol. The van der Waals surface area contributed by atoms with Crippen molar-refractivity contribution in [1.82, 2.24) is 10.6 Å². The first-order valence-corrected chi connectivity index (χ1v) is 10.5. The molecule has 7 nitrogen and oxygen atoms in total. The number of alkyl carbamates (subject to hydrolysis) is 1. The largest absolute Gasteiger partial charge is 0.444 e. The Balaban J connectivity index is 1.78. The van der Waals surface area contributed by atoms with E-state index in [2.05, 4.69) is 16.0 Å². The minimum absolute atomic E-state index is 0.0770. The van der Waals surface area contributed by atoms with Crippen LogP contribution in [0.2, 0.25) is 0 Å². The van der Waals surface area contributed by atoms with E-state index < -0.39 is 11.7 Å². The molecule has 0 unspecified atom stereocenters. The first kappa shape index (κ1) is 24.8. The van der Waals surface area contributed by atoms with Crippen molar-refractivity contribution in [2.75, 3.05) is 11.9 Å². The van der Waals surface area contributed by atoms with Gasteiger partial charge in [-0.25, -0.2) is 9.18 Å². The number of para-hydroxylation sites is 1. The van der Waals surface area contributed by atoms with Gasteiger partial charge in [0.15, 0.2) is 0 Å². The van der Waals surface area contributed by atoms with E-state index in [1.165, 1.54) is 12.1 Å². The molecule has 3 amide bonds. The topological polar surface area (TPSA) is 96.5 Å². The second kappa shape index (κ2) is 11.8. The Morgan fingerprint density at radius 1 is 0.938 bits per heavy atom. The summed E-state index contributed by atoms with van der Waals surface area (Å²) < 4.78 is 18.4. The highest BCUT2D eigenvalue weighted by Gasteiger charge is 2.16. The molecule has 0 aromatic heterocycles. The summed E-state index contributed by atoms with van der Waals surface area (Å²) in [4.78, 5) is 36.0. The molecule has 0 aliphatic heterocycles. The van der Waals surface area contributed by atoms with Gasteiger partial charge >= 0.3 is 6.09 Å². The third-order valence-electron chi connectivity index (χ3n) is 4.32. The molecule has 0 radical (unpaired) electrons. The molecule has 0 aliphatic rings. The average molecular weight is 444 g/mol.